The highest BCUT2D eigenvalue weighted by Crippen LogP contribution is 2.33. The Morgan fingerprint density at radius 1 is 0.714 bits per heavy atom. The summed E-state index contributed by atoms with van der Waals surface area (Å²) in [6.07, 6.45) is -22.2. The van der Waals surface area contributed by atoms with Crippen molar-refractivity contribution in [1.29, 1.82) is 0 Å². The van der Waals surface area contributed by atoms with Gasteiger partial charge in [-0.15, -0.1) is 0 Å². The number of phenols is 3. The van der Waals surface area contributed by atoms with Gasteiger partial charge in [0.2, 0.25) is 0 Å². The second kappa shape index (κ2) is 19.2. The molecule has 0 bridgehead atoms. The van der Waals surface area contributed by atoms with Crippen LogP contribution in [0.3, 0.4) is 0 Å². The Bertz CT molecular complexity index is 1620. The first-order valence-corrected chi connectivity index (χ1v) is 17.6. The Kier molecular flexibility index (Phi) is 14.9. The summed E-state index contributed by atoms with van der Waals surface area (Å²) in [5, 5.41) is 113. The van der Waals surface area contributed by atoms with Crippen LogP contribution in [0.1, 0.15) is 18.1 Å². The quantitative estimate of drug-likeness (QED) is 0.0519. The molecule has 5 rings (SSSR count). The molecule has 3 saturated heterocycles. The SMILES string of the molecule is COc1cc(C=CC(=O)O[C@H]2[C@H](O[C@@H]3O[C@@H](C)[C@H](O)[C@@H](O)[C@H]3O)[C@@H](O)[C@H](OCCc3ccc(O)c(O)c3)O[C@@H]2CO[C@@H]2O[C@H](CO)[C@@H](O)[C@H](O)[C@H]2O)ccc1O. The van der Waals surface area contributed by atoms with Crippen molar-refractivity contribution in [1.82, 2.24) is 0 Å². The maximum absolute atomic E-state index is 13.4. The number of aliphatic hydroxyl groups is 8. The highest BCUT2D eigenvalue weighted by atomic mass is 16.8. The van der Waals surface area contributed by atoms with Crippen molar-refractivity contribution in [3.8, 4) is 23.0 Å². The number of phenolic OH excluding ortho intramolecular Hbond substituents is 3. The molecule has 3 heterocycles. The zero-order valence-electron chi connectivity index (χ0n) is 30.2. The maximum Gasteiger partial charge on any atom is 0.331 e. The first-order chi connectivity index (χ1) is 26.6. The van der Waals surface area contributed by atoms with Crippen LogP contribution in [-0.4, -0.2) is 181 Å². The lowest BCUT2D eigenvalue weighted by atomic mass is 9.96. The van der Waals surface area contributed by atoms with Gasteiger partial charge in [0.05, 0.1) is 33.0 Å². The van der Waals surface area contributed by atoms with E-state index in [2.05, 4.69) is 0 Å². The molecule has 20 nitrogen and oxygen atoms in total. The minimum atomic E-state index is -1.87. The van der Waals surface area contributed by atoms with Crippen LogP contribution in [0.2, 0.25) is 0 Å². The zero-order chi connectivity index (χ0) is 40.8. The number of ether oxygens (including phenoxy) is 8. The van der Waals surface area contributed by atoms with Gasteiger partial charge in [-0.2, -0.15) is 0 Å². The third kappa shape index (κ3) is 10.0. The molecule has 3 aliphatic rings. The third-order valence-electron chi connectivity index (χ3n) is 9.57. The van der Waals surface area contributed by atoms with Crippen LogP contribution in [0.4, 0.5) is 0 Å². The van der Waals surface area contributed by atoms with E-state index >= 15 is 0 Å². The summed E-state index contributed by atoms with van der Waals surface area (Å²) in [6, 6.07) is 8.31. The number of esters is 1. The standard InChI is InChI=1S/C36H48O20/c1-15-25(42)27(44)30(47)36(52-15)56-33-31(48)35(50-10-9-17-3-6-18(38)20(40)11-17)54-23(14-51-34-29(46)28(45)26(43)22(13-37)53-34)32(33)55-24(41)8-5-16-4-7-19(39)21(12-16)49-2/h3-8,11-12,15,22-23,25-40,42-48H,9-10,13-14H2,1-2H3/t15-,22+,23+,25-,26+,27+,28-,29+,30+,31+,32+,33+,34+,35+,36-/m0/s1. The molecule has 0 radical (unpaired) electrons. The minimum absolute atomic E-state index is 0.115. The van der Waals surface area contributed by atoms with Gasteiger partial charge in [0, 0.05) is 6.08 Å². The lowest BCUT2D eigenvalue weighted by Crippen LogP contribution is -2.65. The molecule has 0 aliphatic carbocycles. The van der Waals surface area contributed by atoms with Gasteiger partial charge in [-0.25, -0.2) is 4.79 Å². The van der Waals surface area contributed by atoms with E-state index < -0.39 is 111 Å². The molecule has 56 heavy (non-hydrogen) atoms. The van der Waals surface area contributed by atoms with Crippen molar-refractivity contribution in [2.45, 2.75) is 105 Å². The summed E-state index contributed by atoms with van der Waals surface area (Å²) in [6.45, 7) is -0.207. The van der Waals surface area contributed by atoms with Crippen molar-refractivity contribution in [2.75, 3.05) is 26.9 Å². The van der Waals surface area contributed by atoms with E-state index in [9.17, 15) is 61.0 Å². The van der Waals surface area contributed by atoms with E-state index in [4.69, 9.17) is 37.9 Å². The molecule has 2 aromatic carbocycles. The second-order valence-electron chi connectivity index (χ2n) is 13.5. The second-order valence-corrected chi connectivity index (χ2v) is 13.5. The Morgan fingerprint density at radius 2 is 1.38 bits per heavy atom. The van der Waals surface area contributed by atoms with Crippen molar-refractivity contribution < 1.29 is 98.9 Å². The number of carbonyl (C=O) groups excluding carboxylic acids is 1. The van der Waals surface area contributed by atoms with Crippen LogP contribution in [0, 0.1) is 0 Å². The summed E-state index contributed by atoms with van der Waals surface area (Å²) in [5.74, 6) is -1.81. The molecule has 0 saturated carbocycles. The molecule has 0 unspecified atom stereocenters. The third-order valence-corrected chi connectivity index (χ3v) is 9.57. The first-order valence-electron chi connectivity index (χ1n) is 17.6. The number of hydrogen-bond acceptors (Lipinski definition) is 20. The van der Waals surface area contributed by atoms with Gasteiger partial charge in [0.25, 0.3) is 0 Å². The van der Waals surface area contributed by atoms with Crippen LogP contribution < -0.4 is 4.74 Å². The Labute approximate surface area is 319 Å². The molecule has 3 fully saturated rings. The lowest BCUT2D eigenvalue weighted by molar-refractivity contribution is -0.364. The summed E-state index contributed by atoms with van der Waals surface area (Å²) in [7, 11) is 1.33. The predicted molar refractivity (Wildman–Crippen MR) is 185 cm³/mol. The Balaban J connectivity index is 1.44. The number of aromatic hydroxyl groups is 3. The van der Waals surface area contributed by atoms with Crippen molar-refractivity contribution in [2.24, 2.45) is 0 Å². The average Bonchev–Trinajstić information content (AvgIpc) is 3.18. The van der Waals surface area contributed by atoms with E-state index in [0.29, 0.717) is 11.1 Å². The van der Waals surface area contributed by atoms with Crippen LogP contribution in [0.5, 0.6) is 23.0 Å². The number of rotatable bonds is 14. The highest BCUT2D eigenvalue weighted by molar-refractivity contribution is 5.87. The maximum atomic E-state index is 13.4. The van der Waals surface area contributed by atoms with E-state index in [1.54, 1.807) is 0 Å². The van der Waals surface area contributed by atoms with Gasteiger partial charge in [0.1, 0.15) is 61.0 Å². The molecule has 312 valence electrons. The molecule has 20 heteroatoms. The fourth-order valence-electron chi connectivity index (χ4n) is 6.29. The predicted octanol–water partition coefficient (Wildman–Crippen LogP) is -2.89. The van der Waals surface area contributed by atoms with Crippen LogP contribution in [-0.2, 0) is 44.4 Å². The van der Waals surface area contributed by atoms with E-state index in [1.807, 2.05) is 0 Å². The highest BCUT2D eigenvalue weighted by Gasteiger charge is 2.53. The van der Waals surface area contributed by atoms with Crippen molar-refractivity contribution >= 4 is 12.0 Å². The summed E-state index contributed by atoms with van der Waals surface area (Å²) in [4.78, 5) is 13.4. The van der Waals surface area contributed by atoms with Crippen molar-refractivity contribution in [3.05, 3.63) is 53.6 Å². The summed E-state index contributed by atoms with van der Waals surface area (Å²) < 4.78 is 45.5. The Hall–Kier alpha value is -3.71. The molecule has 0 aromatic heterocycles. The monoisotopic (exact) mass is 800 g/mol. The van der Waals surface area contributed by atoms with Gasteiger partial charge in [-0.05, 0) is 54.8 Å². The van der Waals surface area contributed by atoms with Gasteiger partial charge >= 0.3 is 5.97 Å². The molecule has 0 spiro atoms. The molecule has 3 aliphatic heterocycles. The largest absolute Gasteiger partial charge is 0.504 e. The fourth-order valence-corrected chi connectivity index (χ4v) is 6.29. The number of benzene rings is 2. The summed E-state index contributed by atoms with van der Waals surface area (Å²) in [5.41, 5.74) is 0.925. The number of aliphatic hydroxyl groups excluding tert-OH is 8. The van der Waals surface area contributed by atoms with E-state index in [1.165, 1.54) is 56.5 Å². The molecular weight excluding hydrogens is 752 g/mol. The van der Waals surface area contributed by atoms with Gasteiger partial charge in [-0.3, -0.25) is 0 Å². The number of hydrogen-bond donors (Lipinski definition) is 11. The van der Waals surface area contributed by atoms with Gasteiger partial charge < -0.3 is 94.1 Å². The minimum Gasteiger partial charge on any atom is -0.504 e. The van der Waals surface area contributed by atoms with Crippen LogP contribution >= 0.6 is 0 Å². The summed E-state index contributed by atoms with van der Waals surface area (Å²) >= 11 is 0. The number of carbonyl (C=O) groups is 1. The number of methoxy groups -OCH3 is 1. The normalized spacial score (nSPS) is 36.4. The van der Waals surface area contributed by atoms with Crippen molar-refractivity contribution in [3.63, 3.8) is 0 Å². The smallest absolute Gasteiger partial charge is 0.331 e. The van der Waals surface area contributed by atoms with Gasteiger partial charge in [0.15, 0.2) is 48.0 Å². The molecule has 0 amide bonds. The zero-order valence-corrected chi connectivity index (χ0v) is 30.2. The van der Waals surface area contributed by atoms with Crippen LogP contribution in [0.25, 0.3) is 6.08 Å². The van der Waals surface area contributed by atoms with Crippen LogP contribution in [0.15, 0.2) is 42.5 Å². The molecule has 2 aromatic rings. The topological polar surface area (TPSA) is 313 Å². The van der Waals surface area contributed by atoms with E-state index in [-0.39, 0.29) is 36.0 Å². The van der Waals surface area contributed by atoms with Gasteiger partial charge in [-0.1, -0.05) is 12.1 Å². The lowest BCUT2D eigenvalue weighted by Gasteiger charge is -2.47. The molecular formula is C36H48O20. The Morgan fingerprint density at radius 3 is 2.07 bits per heavy atom. The fraction of sp³-hybridized carbons (Fsp3) is 0.583. The molecule has 11 N–H and O–H groups in total. The average molecular weight is 801 g/mol. The first kappa shape index (κ1) is 43.4. The molecule has 15 atom stereocenters. The van der Waals surface area contributed by atoms with E-state index in [0.717, 1.165) is 6.08 Å².